The van der Waals surface area contributed by atoms with Gasteiger partial charge in [-0.05, 0) is 54.3 Å². The van der Waals surface area contributed by atoms with Crippen LogP contribution in [0, 0.1) is 12.7 Å². The molecule has 0 bridgehead atoms. The quantitative estimate of drug-likeness (QED) is 0.181. The predicted molar refractivity (Wildman–Crippen MR) is 150 cm³/mol. The van der Waals surface area contributed by atoms with Crippen LogP contribution in [-0.4, -0.2) is 21.0 Å². The monoisotopic (exact) mass is 527 g/mol. The fourth-order valence-electron chi connectivity index (χ4n) is 4.80. The summed E-state index contributed by atoms with van der Waals surface area (Å²) >= 11 is 3.15. The summed E-state index contributed by atoms with van der Waals surface area (Å²) in [7, 11) is 0. The van der Waals surface area contributed by atoms with E-state index in [9.17, 15) is 9.18 Å². The van der Waals surface area contributed by atoms with Crippen LogP contribution in [0.2, 0.25) is 0 Å². The van der Waals surface area contributed by atoms with Gasteiger partial charge < -0.3 is 0 Å². The van der Waals surface area contributed by atoms with E-state index in [0.29, 0.717) is 10.9 Å². The summed E-state index contributed by atoms with van der Waals surface area (Å²) in [5.74, 6) is 0.343. The predicted octanol–water partition coefficient (Wildman–Crippen LogP) is 6.75. The molecule has 0 spiro atoms. The molecule has 0 fully saturated rings. The summed E-state index contributed by atoms with van der Waals surface area (Å²) in [6.45, 7) is 4.68. The molecule has 5 aromatic rings. The second kappa shape index (κ2) is 10.2. The lowest BCUT2D eigenvalue weighted by Crippen LogP contribution is -2.30. The highest BCUT2D eigenvalue weighted by Crippen LogP contribution is 2.35. The van der Waals surface area contributed by atoms with Gasteiger partial charge in [-0.1, -0.05) is 71.9 Å². The fraction of sp³-hybridized carbons (Fsp3) is 0.200. The number of benzene rings is 3. The molecular weight excluding hydrogens is 501 g/mol. The van der Waals surface area contributed by atoms with E-state index in [2.05, 4.69) is 29.2 Å². The number of aryl methyl sites for hydroxylation is 1. The first-order valence-electron chi connectivity index (χ1n) is 12.3. The highest BCUT2D eigenvalue weighted by atomic mass is 32.2. The van der Waals surface area contributed by atoms with Crippen molar-refractivity contribution in [2.45, 2.75) is 37.3 Å². The molecule has 0 radical (unpaired) electrons. The molecule has 0 amide bonds. The van der Waals surface area contributed by atoms with Gasteiger partial charge in [0.25, 0.3) is 5.56 Å². The van der Waals surface area contributed by atoms with E-state index in [1.54, 1.807) is 28.0 Å². The number of hydrogen-bond donors (Lipinski definition) is 0. The van der Waals surface area contributed by atoms with Gasteiger partial charge in [-0.3, -0.25) is 14.3 Å². The van der Waals surface area contributed by atoms with Gasteiger partial charge in [-0.2, -0.15) is 0 Å². The van der Waals surface area contributed by atoms with Crippen molar-refractivity contribution in [1.82, 2.24) is 14.5 Å². The number of thioether (sulfide) groups is 1. The van der Waals surface area contributed by atoms with E-state index >= 15 is 0 Å². The van der Waals surface area contributed by atoms with Crippen LogP contribution in [0.25, 0.3) is 15.9 Å². The Kier molecular flexibility index (Phi) is 6.67. The van der Waals surface area contributed by atoms with Gasteiger partial charge in [0.1, 0.15) is 10.6 Å². The van der Waals surface area contributed by atoms with E-state index in [-0.39, 0.29) is 11.4 Å². The minimum atomic E-state index is -0.254. The van der Waals surface area contributed by atoms with Gasteiger partial charge in [0.05, 0.1) is 11.1 Å². The number of hydrogen-bond acceptors (Lipinski definition) is 5. The number of fused-ring (bicyclic) bond motifs is 3. The largest absolute Gasteiger partial charge is 0.294 e. The van der Waals surface area contributed by atoms with Crippen molar-refractivity contribution in [3.05, 3.63) is 122 Å². The molecule has 0 N–H and O–H groups in total. The van der Waals surface area contributed by atoms with Crippen LogP contribution in [0.15, 0.2) is 88.8 Å². The van der Waals surface area contributed by atoms with Crippen LogP contribution in [-0.2, 0) is 25.3 Å². The first-order valence-corrected chi connectivity index (χ1v) is 14.1. The van der Waals surface area contributed by atoms with E-state index < -0.39 is 0 Å². The number of rotatable bonds is 6. The maximum atomic E-state index is 14.0. The Bertz CT molecular complexity index is 1610. The Balaban J connectivity index is 1.39. The van der Waals surface area contributed by atoms with Crippen molar-refractivity contribution in [2.75, 3.05) is 6.54 Å². The minimum absolute atomic E-state index is 0.00975. The van der Waals surface area contributed by atoms with Crippen LogP contribution in [0.3, 0.4) is 0 Å². The van der Waals surface area contributed by atoms with Crippen LogP contribution in [0.1, 0.15) is 27.1 Å². The Morgan fingerprint density at radius 3 is 2.49 bits per heavy atom. The Morgan fingerprint density at radius 1 is 0.973 bits per heavy atom. The lowest BCUT2D eigenvalue weighted by Gasteiger charge is -2.26. The second-order valence-corrected chi connectivity index (χ2v) is 11.4. The van der Waals surface area contributed by atoms with Crippen LogP contribution in [0.5, 0.6) is 0 Å². The molecule has 7 heteroatoms. The maximum Gasteiger partial charge on any atom is 0.267 e. The molecule has 1 aliphatic heterocycles. The molecule has 3 aromatic carbocycles. The molecule has 4 nitrogen and oxygen atoms in total. The summed E-state index contributed by atoms with van der Waals surface area (Å²) in [5.41, 5.74) is 5.37. The minimum Gasteiger partial charge on any atom is -0.294 e. The summed E-state index contributed by atoms with van der Waals surface area (Å²) < 4.78 is 15.1. The number of thiophene rings is 1. The molecule has 186 valence electrons. The lowest BCUT2D eigenvalue weighted by atomic mass is 10.0. The zero-order chi connectivity index (χ0) is 25.4. The molecule has 0 unspecified atom stereocenters. The van der Waals surface area contributed by atoms with Gasteiger partial charge in [-0.25, -0.2) is 9.37 Å². The zero-order valence-electron chi connectivity index (χ0n) is 20.5. The summed E-state index contributed by atoms with van der Waals surface area (Å²) in [5, 5.41) is 1.41. The Hall–Kier alpha value is -3.26. The summed E-state index contributed by atoms with van der Waals surface area (Å²) in [6, 6.07) is 25.0. The van der Waals surface area contributed by atoms with Gasteiger partial charge in [0.2, 0.25) is 0 Å². The number of aromatic nitrogens is 2. The van der Waals surface area contributed by atoms with Gasteiger partial charge in [0, 0.05) is 30.3 Å². The molecule has 1 aliphatic rings. The first-order chi connectivity index (χ1) is 18.0. The lowest BCUT2D eigenvalue weighted by molar-refractivity contribution is 0.249. The molecule has 37 heavy (non-hydrogen) atoms. The third-order valence-corrected chi connectivity index (χ3v) is 8.87. The smallest absolute Gasteiger partial charge is 0.267 e. The molecule has 0 saturated carbocycles. The van der Waals surface area contributed by atoms with Gasteiger partial charge >= 0.3 is 0 Å². The average Bonchev–Trinajstić information content (AvgIpc) is 3.27. The van der Waals surface area contributed by atoms with Crippen molar-refractivity contribution < 1.29 is 4.39 Å². The molecule has 2 aromatic heterocycles. The van der Waals surface area contributed by atoms with Crippen molar-refractivity contribution in [3.63, 3.8) is 0 Å². The van der Waals surface area contributed by atoms with Crippen molar-refractivity contribution in [2.24, 2.45) is 0 Å². The van der Waals surface area contributed by atoms with Crippen molar-refractivity contribution in [3.8, 4) is 5.69 Å². The molecule has 3 heterocycles. The fourth-order valence-corrected chi connectivity index (χ4v) is 7.07. The Labute approximate surface area is 223 Å². The molecule has 0 aliphatic carbocycles. The van der Waals surface area contributed by atoms with Crippen molar-refractivity contribution in [1.29, 1.82) is 0 Å². The van der Waals surface area contributed by atoms with E-state index in [1.165, 1.54) is 34.3 Å². The van der Waals surface area contributed by atoms with Gasteiger partial charge in [0.15, 0.2) is 5.16 Å². The molecule has 6 rings (SSSR count). The summed E-state index contributed by atoms with van der Waals surface area (Å²) in [4.78, 5) is 23.6. The highest BCUT2D eigenvalue weighted by molar-refractivity contribution is 7.98. The normalized spacial score (nSPS) is 13.7. The SMILES string of the molecule is Cc1ccc(-n2c(SCc3ccc(F)cc3)nc3sc4c(c3c2=O)CCN(Cc2ccccc2)C4)cc1. The highest BCUT2D eigenvalue weighted by Gasteiger charge is 2.26. The second-order valence-electron chi connectivity index (χ2n) is 9.42. The van der Waals surface area contributed by atoms with Crippen molar-refractivity contribution >= 4 is 33.3 Å². The first kappa shape index (κ1) is 24.1. The molecule has 0 atom stereocenters. The zero-order valence-corrected chi connectivity index (χ0v) is 22.1. The summed E-state index contributed by atoms with van der Waals surface area (Å²) in [6.07, 6.45) is 0.842. The van der Waals surface area contributed by atoms with Gasteiger partial charge in [-0.15, -0.1) is 11.3 Å². The third kappa shape index (κ3) is 4.99. The van der Waals surface area contributed by atoms with Crippen LogP contribution < -0.4 is 5.56 Å². The standard InChI is InChI=1S/C30H26FN3OS2/c1-20-7-13-24(14-8-20)34-29(35)27-25-15-16-33(17-21-5-3-2-4-6-21)18-26(25)37-28(27)32-30(34)36-19-22-9-11-23(31)12-10-22/h2-14H,15-19H2,1H3. The third-order valence-electron chi connectivity index (χ3n) is 6.75. The number of halogens is 1. The Morgan fingerprint density at radius 2 is 1.73 bits per heavy atom. The van der Waals surface area contributed by atoms with Crippen LogP contribution in [0.4, 0.5) is 4.39 Å². The number of nitrogens with zero attached hydrogens (tertiary/aromatic N) is 3. The van der Waals surface area contributed by atoms with E-state index in [1.807, 2.05) is 37.3 Å². The molecular formula is C30H26FN3OS2. The van der Waals surface area contributed by atoms with E-state index in [0.717, 1.165) is 58.6 Å². The van der Waals surface area contributed by atoms with Crippen LogP contribution >= 0.6 is 23.1 Å². The van der Waals surface area contributed by atoms with E-state index in [4.69, 9.17) is 4.98 Å². The maximum absolute atomic E-state index is 14.0. The topological polar surface area (TPSA) is 38.1 Å². The average molecular weight is 528 g/mol. The molecule has 0 saturated heterocycles.